The number of carbonyl (C=O) groups is 1. The van der Waals surface area contributed by atoms with Crippen LogP contribution in [0, 0.1) is 0 Å². The second-order valence-electron chi connectivity index (χ2n) is 18.7. The van der Waals surface area contributed by atoms with Gasteiger partial charge in [0, 0.05) is 13.0 Å². The standard InChI is InChI=1S/C54H96O14/c1-3-5-7-9-11-13-15-16-17-18-19-20-21-22-23-24-25-26-27-29-31-33-35-37-46(56)66-43(40-63-38-36-34-32-30-28-14-12-10-8-6-4-2)41-64-53-52(62)50(60)48(58)45(68-53)42-65-54-51(61)49(59)47(57)44(39-55)67-54/h5,7,11,13,16-17,19-20,43-45,47-55,57-62H,3-4,6,8-10,12,14-15,18,21-42H2,1-2H3/b7-5-,13-11-,17-16-,20-19-. The largest absolute Gasteiger partial charge is 0.457 e. The Balaban J connectivity index is 1.71. The van der Waals surface area contributed by atoms with Gasteiger partial charge in [0.15, 0.2) is 12.6 Å². The SMILES string of the molecule is CC/C=C\C/C=C\C/C=C\C/C=C\CCCCCCCCCCCCC(=O)OC(COCCCCCCCCCCCCC)COC1OC(COC2OC(CO)C(O)C(O)C2O)C(O)C(O)C1O. The van der Waals surface area contributed by atoms with E-state index in [2.05, 4.69) is 62.5 Å². The molecule has 2 heterocycles. The van der Waals surface area contributed by atoms with Crippen LogP contribution in [0.25, 0.3) is 0 Å². The van der Waals surface area contributed by atoms with Gasteiger partial charge in [-0.2, -0.15) is 0 Å². The van der Waals surface area contributed by atoms with Crippen LogP contribution in [0.1, 0.15) is 187 Å². The number of esters is 1. The number of allylic oxidation sites excluding steroid dienone is 8. The van der Waals surface area contributed by atoms with E-state index >= 15 is 0 Å². The van der Waals surface area contributed by atoms with Gasteiger partial charge in [-0.05, 0) is 51.4 Å². The van der Waals surface area contributed by atoms with E-state index in [1.54, 1.807) is 0 Å². The number of hydrogen-bond acceptors (Lipinski definition) is 14. The summed E-state index contributed by atoms with van der Waals surface area (Å²) >= 11 is 0. The molecule has 68 heavy (non-hydrogen) atoms. The lowest BCUT2D eigenvalue weighted by molar-refractivity contribution is -0.332. The minimum absolute atomic E-state index is 0.0611. The lowest BCUT2D eigenvalue weighted by Crippen LogP contribution is -2.61. The molecule has 0 aromatic carbocycles. The third-order valence-electron chi connectivity index (χ3n) is 12.6. The molecule has 2 saturated heterocycles. The van der Waals surface area contributed by atoms with Crippen LogP contribution in [0.4, 0.5) is 0 Å². The van der Waals surface area contributed by atoms with Gasteiger partial charge in [0.05, 0.1) is 26.4 Å². The van der Waals surface area contributed by atoms with Crippen molar-refractivity contribution in [1.82, 2.24) is 0 Å². The van der Waals surface area contributed by atoms with Gasteiger partial charge in [-0.25, -0.2) is 0 Å². The van der Waals surface area contributed by atoms with Gasteiger partial charge in [0.1, 0.15) is 54.9 Å². The number of hydrogen-bond donors (Lipinski definition) is 7. The monoisotopic (exact) mass is 969 g/mol. The lowest BCUT2D eigenvalue weighted by atomic mass is 9.98. The molecule has 11 atom stereocenters. The maximum absolute atomic E-state index is 13.0. The summed E-state index contributed by atoms with van der Waals surface area (Å²) in [6.45, 7) is 3.57. The molecule has 0 spiro atoms. The molecule has 11 unspecified atom stereocenters. The fraction of sp³-hybridized carbons (Fsp3) is 0.833. The van der Waals surface area contributed by atoms with Crippen molar-refractivity contribution in [3.05, 3.63) is 48.6 Å². The molecule has 0 aliphatic carbocycles. The number of ether oxygens (including phenoxy) is 6. The van der Waals surface area contributed by atoms with Crippen LogP contribution in [0.2, 0.25) is 0 Å². The van der Waals surface area contributed by atoms with Gasteiger partial charge in [-0.1, -0.05) is 178 Å². The number of aliphatic hydroxyl groups excluding tert-OH is 7. The molecule has 0 amide bonds. The van der Waals surface area contributed by atoms with E-state index in [9.17, 15) is 40.5 Å². The maximum atomic E-state index is 13.0. The fourth-order valence-corrected chi connectivity index (χ4v) is 8.28. The van der Waals surface area contributed by atoms with Crippen LogP contribution in [-0.2, 0) is 33.2 Å². The molecular formula is C54H96O14. The van der Waals surface area contributed by atoms with Crippen molar-refractivity contribution in [3.8, 4) is 0 Å². The summed E-state index contributed by atoms with van der Waals surface area (Å²) in [5.74, 6) is -0.381. The van der Waals surface area contributed by atoms with E-state index in [0.717, 1.165) is 70.6 Å². The third-order valence-corrected chi connectivity index (χ3v) is 12.6. The molecule has 14 nitrogen and oxygen atoms in total. The molecule has 0 aromatic rings. The Morgan fingerprint density at radius 1 is 0.500 bits per heavy atom. The molecule has 14 heteroatoms. The minimum Gasteiger partial charge on any atom is -0.457 e. The molecule has 2 fully saturated rings. The van der Waals surface area contributed by atoms with Crippen LogP contribution in [0.5, 0.6) is 0 Å². The molecule has 2 aliphatic rings. The molecule has 0 radical (unpaired) electrons. The van der Waals surface area contributed by atoms with Gasteiger partial charge >= 0.3 is 5.97 Å². The van der Waals surface area contributed by atoms with Crippen LogP contribution in [0.3, 0.4) is 0 Å². The Morgan fingerprint density at radius 3 is 1.50 bits per heavy atom. The summed E-state index contributed by atoms with van der Waals surface area (Å²) in [6.07, 6.45) is 31.7. The Bertz CT molecular complexity index is 1310. The Hall–Kier alpha value is -2.05. The Kier molecular flexibility index (Phi) is 37.9. The summed E-state index contributed by atoms with van der Waals surface area (Å²) in [5, 5.41) is 72.1. The van der Waals surface area contributed by atoms with Gasteiger partial charge in [0.2, 0.25) is 0 Å². The van der Waals surface area contributed by atoms with Crippen LogP contribution < -0.4 is 0 Å². The van der Waals surface area contributed by atoms with E-state index in [0.29, 0.717) is 13.0 Å². The minimum atomic E-state index is -1.71. The fourth-order valence-electron chi connectivity index (χ4n) is 8.28. The first-order chi connectivity index (χ1) is 33.1. The molecule has 0 saturated carbocycles. The second kappa shape index (κ2) is 41.6. The number of rotatable bonds is 42. The first kappa shape index (κ1) is 62.1. The molecular weight excluding hydrogens is 873 g/mol. The van der Waals surface area contributed by atoms with Crippen molar-refractivity contribution in [2.24, 2.45) is 0 Å². The average molecular weight is 969 g/mol. The zero-order valence-corrected chi connectivity index (χ0v) is 42.1. The van der Waals surface area contributed by atoms with Gasteiger partial charge < -0.3 is 64.2 Å². The summed E-state index contributed by atoms with van der Waals surface area (Å²) in [5.41, 5.74) is 0. The van der Waals surface area contributed by atoms with E-state index in [4.69, 9.17) is 28.4 Å². The van der Waals surface area contributed by atoms with Gasteiger partial charge in [-0.3, -0.25) is 4.79 Å². The summed E-state index contributed by atoms with van der Waals surface area (Å²) in [7, 11) is 0. The van der Waals surface area contributed by atoms with Crippen molar-refractivity contribution in [2.75, 3.05) is 33.0 Å². The predicted octanol–water partition coefficient (Wildman–Crippen LogP) is 8.35. The first-order valence-electron chi connectivity index (χ1n) is 26.7. The molecule has 7 N–H and O–H groups in total. The highest BCUT2D eigenvalue weighted by atomic mass is 16.7. The Labute approximate surface area is 410 Å². The summed E-state index contributed by atoms with van der Waals surface area (Å²) < 4.78 is 34.3. The smallest absolute Gasteiger partial charge is 0.306 e. The van der Waals surface area contributed by atoms with Crippen LogP contribution in [-0.4, -0.2) is 142 Å². The zero-order chi connectivity index (χ0) is 49.5. The van der Waals surface area contributed by atoms with Crippen LogP contribution >= 0.6 is 0 Å². The first-order valence-corrected chi connectivity index (χ1v) is 26.7. The van der Waals surface area contributed by atoms with E-state index in [-0.39, 0.29) is 25.6 Å². The zero-order valence-electron chi connectivity index (χ0n) is 42.1. The molecule has 2 aliphatic heterocycles. The van der Waals surface area contributed by atoms with Crippen molar-refractivity contribution in [3.63, 3.8) is 0 Å². The summed E-state index contributed by atoms with van der Waals surface area (Å²) in [6, 6.07) is 0. The molecule has 0 aromatic heterocycles. The normalized spacial score (nSPS) is 26.2. The van der Waals surface area contributed by atoms with Gasteiger partial charge in [0.25, 0.3) is 0 Å². The van der Waals surface area contributed by atoms with E-state index < -0.39 is 80.7 Å². The van der Waals surface area contributed by atoms with Crippen molar-refractivity contribution in [1.29, 1.82) is 0 Å². The summed E-state index contributed by atoms with van der Waals surface area (Å²) in [4.78, 5) is 13.0. The number of carbonyl (C=O) groups excluding carboxylic acids is 1. The lowest BCUT2D eigenvalue weighted by Gasteiger charge is -2.42. The van der Waals surface area contributed by atoms with Crippen molar-refractivity contribution >= 4 is 5.97 Å². The molecule has 2 rings (SSSR count). The third kappa shape index (κ3) is 28.7. The maximum Gasteiger partial charge on any atom is 0.306 e. The van der Waals surface area contributed by atoms with Crippen LogP contribution in [0.15, 0.2) is 48.6 Å². The van der Waals surface area contributed by atoms with E-state index in [1.807, 2.05) is 0 Å². The predicted molar refractivity (Wildman–Crippen MR) is 266 cm³/mol. The highest BCUT2D eigenvalue weighted by molar-refractivity contribution is 5.69. The number of aliphatic hydroxyl groups is 7. The molecule has 0 bridgehead atoms. The quantitative estimate of drug-likeness (QED) is 0.0174. The molecule has 396 valence electrons. The average Bonchev–Trinajstić information content (AvgIpc) is 3.33. The highest BCUT2D eigenvalue weighted by Crippen LogP contribution is 2.26. The van der Waals surface area contributed by atoms with Gasteiger partial charge in [-0.15, -0.1) is 0 Å². The topological polar surface area (TPSA) is 214 Å². The van der Waals surface area contributed by atoms with Crippen molar-refractivity contribution < 1.29 is 69.0 Å². The van der Waals surface area contributed by atoms with Crippen molar-refractivity contribution in [2.45, 2.75) is 255 Å². The van der Waals surface area contributed by atoms with E-state index in [1.165, 1.54) is 89.9 Å². The highest BCUT2D eigenvalue weighted by Gasteiger charge is 2.47. The Morgan fingerprint density at radius 2 is 0.956 bits per heavy atom. The number of unbranched alkanes of at least 4 members (excludes halogenated alkanes) is 20. The second-order valence-corrected chi connectivity index (χ2v) is 18.7.